The Bertz CT molecular complexity index is 719. The van der Waals surface area contributed by atoms with Crippen LogP contribution in [0.1, 0.15) is 81.0 Å². The molecule has 28 heavy (non-hydrogen) atoms. The van der Waals surface area contributed by atoms with Crippen molar-refractivity contribution in [3.63, 3.8) is 0 Å². The van der Waals surface area contributed by atoms with E-state index >= 15 is 0 Å². The number of carbonyl (C=O) groups excluding carboxylic acids is 1. The number of halogens is 1. The number of hydrogen-bond donors (Lipinski definition) is 4. The van der Waals surface area contributed by atoms with E-state index in [1.807, 2.05) is 0 Å². The quantitative estimate of drug-likeness (QED) is 0.574. The van der Waals surface area contributed by atoms with Crippen LogP contribution in [0.4, 0.5) is 16.2 Å². The summed E-state index contributed by atoms with van der Waals surface area (Å²) >= 11 is 0. The summed E-state index contributed by atoms with van der Waals surface area (Å²) in [4.78, 5) is 20.7. The minimum absolute atomic E-state index is 0.0352. The molecule has 1 heterocycles. The van der Waals surface area contributed by atoms with Crippen LogP contribution in [-0.2, 0) is 0 Å². The Balaban J connectivity index is 1.53. The van der Waals surface area contributed by atoms with Gasteiger partial charge < -0.3 is 21.5 Å². The summed E-state index contributed by atoms with van der Waals surface area (Å²) in [5, 5.41) is 16.8. The number of amides is 1. The first-order valence-electron chi connectivity index (χ1n) is 10.5. The summed E-state index contributed by atoms with van der Waals surface area (Å²) in [7, 11) is 0. The predicted molar refractivity (Wildman–Crippen MR) is 105 cm³/mol. The minimum Gasteiger partial charge on any atom is -0.393 e. The summed E-state index contributed by atoms with van der Waals surface area (Å²) in [5.74, 6) is 0.265. The van der Waals surface area contributed by atoms with Gasteiger partial charge in [0.1, 0.15) is 11.5 Å². The lowest BCUT2D eigenvalue weighted by atomic mass is 9.64. The van der Waals surface area contributed by atoms with Gasteiger partial charge in [-0.3, -0.25) is 4.79 Å². The van der Waals surface area contributed by atoms with E-state index in [4.69, 9.17) is 5.73 Å². The lowest BCUT2D eigenvalue weighted by molar-refractivity contribution is 0.0150. The second-order valence-electron chi connectivity index (χ2n) is 8.89. The van der Waals surface area contributed by atoms with Gasteiger partial charge in [0, 0.05) is 17.8 Å². The minimum atomic E-state index is -0.993. The van der Waals surface area contributed by atoms with Crippen molar-refractivity contribution in [2.45, 2.75) is 94.0 Å². The highest BCUT2D eigenvalue weighted by atomic mass is 19.1. The Labute approximate surface area is 164 Å². The van der Waals surface area contributed by atoms with Gasteiger partial charge in [0.05, 0.1) is 11.7 Å². The number of anilines is 2. The number of fused-ring (bicyclic) bond motifs is 3. The maximum atomic E-state index is 14.4. The SMILES string of the molecule is NC(=O)c1cnc(NC23CCC(F)(CC2)CC3)nc1NC1CCCC[C@H](O)C1. The third-order valence-corrected chi connectivity index (χ3v) is 6.82. The number of nitrogens with one attached hydrogen (secondary N) is 2. The molecule has 1 aromatic rings. The van der Waals surface area contributed by atoms with Crippen molar-refractivity contribution in [1.29, 1.82) is 0 Å². The fourth-order valence-electron chi connectivity index (χ4n) is 4.96. The molecule has 2 bridgehead atoms. The van der Waals surface area contributed by atoms with Crippen LogP contribution in [0.15, 0.2) is 6.20 Å². The van der Waals surface area contributed by atoms with E-state index in [0.717, 1.165) is 44.9 Å². The van der Waals surface area contributed by atoms with Crippen LogP contribution in [-0.4, -0.2) is 44.3 Å². The van der Waals surface area contributed by atoms with Gasteiger partial charge in [0.2, 0.25) is 5.95 Å². The van der Waals surface area contributed by atoms with Gasteiger partial charge in [-0.15, -0.1) is 0 Å². The number of alkyl halides is 1. The molecule has 4 aliphatic rings. The highest BCUT2D eigenvalue weighted by Gasteiger charge is 2.49. The van der Waals surface area contributed by atoms with E-state index in [1.54, 1.807) is 0 Å². The second-order valence-corrected chi connectivity index (χ2v) is 8.89. The highest BCUT2D eigenvalue weighted by Crippen LogP contribution is 2.50. The van der Waals surface area contributed by atoms with E-state index in [0.29, 0.717) is 37.4 Å². The number of aliphatic hydroxyl groups excluding tert-OH is 1. The van der Waals surface area contributed by atoms with Crippen molar-refractivity contribution < 1.29 is 14.3 Å². The fraction of sp³-hybridized carbons (Fsp3) is 0.750. The highest BCUT2D eigenvalue weighted by molar-refractivity contribution is 5.97. The molecular formula is C20H30FN5O2. The number of nitrogens with two attached hydrogens (primary N) is 1. The van der Waals surface area contributed by atoms with Gasteiger partial charge in [0.25, 0.3) is 5.91 Å². The third-order valence-electron chi connectivity index (χ3n) is 6.82. The van der Waals surface area contributed by atoms with Crippen LogP contribution in [0.25, 0.3) is 0 Å². The maximum absolute atomic E-state index is 14.4. The van der Waals surface area contributed by atoms with Crippen molar-refractivity contribution in [2.24, 2.45) is 5.73 Å². The van der Waals surface area contributed by atoms with E-state index in [1.165, 1.54) is 6.20 Å². The molecule has 8 heteroatoms. The molecule has 0 aromatic carbocycles. The average Bonchev–Trinajstić information content (AvgIpc) is 2.87. The first kappa shape index (κ1) is 19.4. The van der Waals surface area contributed by atoms with E-state index in [9.17, 15) is 14.3 Å². The van der Waals surface area contributed by atoms with Crippen LogP contribution in [0, 0.1) is 0 Å². The average molecular weight is 391 g/mol. The second kappa shape index (κ2) is 7.46. The largest absolute Gasteiger partial charge is 0.393 e. The number of carbonyl (C=O) groups is 1. The zero-order valence-electron chi connectivity index (χ0n) is 16.2. The van der Waals surface area contributed by atoms with Gasteiger partial charge >= 0.3 is 0 Å². The molecule has 1 aromatic heterocycles. The molecule has 0 spiro atoms. The zero-order chi connectivity index (χ0) is 19.8. The Kier molecular flexibility index (Phi) is 5.16. The number of rotatable bonds is 5. The van der Waals surface area contributed by atoms with Crippen molar-refractivity contribution in [3.05, 3.63) is 11.8 Å². The van der Waals surface area contributed by atoms with Crippen molar-refractivity contribution in [3.8, 4) is 0 Å². The summed E-state index contributed by atoms with van der Waals surface area (Å²) < 4.78 is 14.4. The van der Waals surface area contributed by atoms with Crippen molar-refractivity contribution in [1.82, 2.24) is 9.97 Å². The third kappa shape index (κ3) is 4.06. The van der Waals surface area contributed by atoms with Gasteiger partial charge in [-0.25, -0.2) is 9.37 Å². The van der Waals surface area contributed by atoms with Crippen LogP contribution in [0.3, 0.4) is 0 Å². The van der Waals surface area contributed by atoms with Crippen LogP contribution in [0.5, 0.6) is 0 Å². The number of nitrogens with zero attached hydrogens (tertiary/aromatic N) is 2. The van der Waals surface area contributed by atoms with Gasteiger partial charge in [-0.05, 0) is 57.8 Å². The summed E-state index contributed by atoms with van der Waals surface area (Å²) in [6.45, 7) is 0. The molecule has 0 aliphatic heterocycles. The molecule has 0 radical (unpaired) electrons. The molecule has 1 unspecified atom stereocenters. The molecule has 1 amide bonds. The van der Waals surface area contributed by atoms with Gasteiger partial charge in [0.15, 0.2) is 0 Å². The molecule has 7 nitrogen and oxygen atoms in total. The first-order chi connectivity index (χ1) is 13.4. The molecule has 154 valence electrons. The zero-order valence-corrected chi connectivity index (χ0v) is 16.2. The van der Waals surface area contributed by atoms with Gasteiger partial charge in [-0.1, -0.05) is 12.8 Å². The topological polar surface area (TPSA) is 113 Å². The predicted octanol–water partition coefficient (Wildman–Crippen LogP) is 2.91. The van der Waals surface area contributed by atoms with Crippen LogP contribution >= 0.6 is 0 Å². The van der Waals surface area contributed by atoms with E-state index in [-0.39, 0.29) is 23.2 Å². The van der Waals surface area contributed by atoms with Crippen LogP contribution in [0.2, 0.25) is 0 Å². The Morgan fingerprint density at radius 3 is 2.54 bits per heavy atom. The normalized spacial score (nSPS) is 35.2. The number of aliphatic hydroxyl groups is 1. The smallest absolute Gasteiger partial charge is 0.254 e. The molecule has 4 fully saturated rings. The molecule has 0 saturated heterocycles. The lowest BCUT2D eigenvalue weighted by Gasteiger charge is -2.49. The Morgan fingerprint density at radius 2 is 1.86 bits per heavy atom. The maximum Gasteiger partial charge on any atom is 0.254 e. The van der Waals surface area contributed by atoms with Crippen molar-refractivity contribution >= 4 is 17.7 Å². The monoisotopic (exact) mass is 391 g/mol. The molecule has 5 N–H and O–H groups in total. The van der Waals surface area contributed by atoms with Crippen LogP contribution < -0.4 is 16.4 Å². The van der Waals surface area contributed by atoms with E-state index < -0.39 is 11.6 Å². The van der Waals surface area contributed by atoms with E-state index in [2.05, 4.69) is 20.6 Å². The number of hydrogen-bond acceptors (Lipinski definition) is 6. The number of aromatic nitrogens is 2. The molecule has 5 rings (SSSR count). The summed E-state index contributed by atoms with van der Waals surface area (Å²) in [5.41, 5.74) is 4.60. The van der Waals surface area contributed by atoms with Crippen molar-refractivity contribution in [2.75, 3.05) is 10.6 Å². The molecule has 4 aliphatic carbocycles. The molecule has 4 saturated carbocycles. The standard InChI is InChI=1S/C20H30FN5O2/c21-19-5-8-20(9-6-19,10-7-19)26-18-23-12-15(16(22)28)17(25-18)24-13-3-1-2-4-14(27)11-13/h12-14,27H,1-11H2,(H2,22,28)(H2,23,24,25,26)/t13?,14-,19?,20?/m0/s1. The van der Waals surface area contributed by atoms with Gasteiger partial charge in [-0.2, -0.15) is 4.98 Å². The molecule has 2 atom stereocenters. The summed E-state index contributed by atoms with van der Waals surface area (Å²) in [6.07, 6.45) is 9.47. The summed E-state index contributed by atoms with van der Waals surface area (Å²) in [6, 6.07) is 0.0352. The number of primary amides is 1. The molecular weight excluding hydrogens is 361 g/mol. The first-order valence-corrected chi connectivity index (χ1v) is 10.5. The lowest BCUT2D eigenvalue weighted by Crippen LogP contribution is -2.52. The fourth-order valence-corrected chi connectivity index (χ4v) is 4.96. The Morgan fingerprint density at radius 1 is 1.18 bits per heavy atom. The Hall–Kier alpha value is -1.96.